The van der Waals surface area contributed by atoms with Crippen molar-refractivity contribution in [1.82, 2.24) is 0 Å². The van der Waals surface area contributed by atoms with E-state index in [2.05, 4.69) is 19.1 Å². The molecular weight excluding hydrogens is 204 g/mol. The van der Waals surface area contributed by atoms with Gasteiger partial charge in [-0.15, -0.1) is 0 Å². The van der Waals surface area contributed by atoms with Gasteiger partial charge in [-0.25, -0.2) is 0 Å². The van der Waals surface area contributed by atoms with Crippen LogP contribution in [0.4, 0.5) is 0 Å². The molecule has 2 saturated carbocycles. The summed E-state index contributed by atoms with van der Waals surface area (Å²) in [6.45, 7) is 2.14. The zero-order valence-electron chi connectivity index (χ0n) is 11.7. The second-order valence-corrected chi connectivity index (χ2v) is 6.33. The quantitative estimate of drug-likeness (QED) is 0.545. The van der Waals surface area contributed by atoms with Crippen molar-refractivity contribution in [2.75, 3.05) is 0 Å². The van der Waals surface area contributed by atoms with E-state index in [0.29, 0.717) is 0 Å². The van der Waals surface area contributed by atoms with Gasteiger partial charge in [0.05, 0.1) is 0 Å². The molecule has 0 spiro atoms. The summed E-state index contributed by atoms with van der Waals surface area (Å²) in [6, 6.07) is 0. The van der Waals surface area contributed by atoms with Gasteiger partial charge in [-0.3, -0.25) is 0 Å². The monoisotopic (exact) mass is 234 g/mol. The smallest absolute Gasteiger partial charge is 0.0348 e. The van der Waals surface area contributed by atoms with Crippen molar-refractivity contribution in [3.8, 4) is 0 Å². The first-order valence-electron chi connectivity index (χ1n) is 8.01. The van der Waals surface area contributed by atoms with E-state index >= 15 is 0 Å². The lowest BCUT2D eigenvalue weighted by Crippen LogP contribution is -2.23. The highest BCUT2D eigenvalue weighted by Crippen LogP contribution is 2.40. The summed E-state index contributed by atoms with van der Waals surface area (Å²) in [5, 5.41) is 0. The van der Waals surface area contributed by atoms with Crippen molar-refractivity contribution in [3.05, 3.63) is 12.2 Å². The van der Waals surface area contributed by atoms with Gasteiger partial charge in [0.1, 0.15) is 0 Å². The summed E-state index contributed by atoms with van der Waals surface area (Å²) < 4.78 is 0. The van der Waals surface area contributed by atoms with E-state index in [0.717, 1.165) is 17.8 Å². The van der Waals surface area contributed by atoms with Crippen LogP contribution in [0.5, 0.6) is 0 Å². The second kappa shape index (κ2) is 7.24. The fourth-order valence-corrected chi connectivity index (χ4v) is 4.05. The van der Waals surface area contributed by atoms with Gasteiger partial charge in [-0.2, -0.15) is 0 Å². The maximum atomic E-state index is 2.34. The first-order valence-corrected chi connectivity index (χ1v) is 8.01. The average molecular weight is 234 g/mol. The Labute approximate surface area is 108 Å². The summed E-state index contributed by atoms with van der Waals surface area (Å²) in [5.41, 5.74) is 0. The molecule has 0 aromatic carbocycles. The normalized spacial score (nSPS) is 32.1. The Bertz CT molecular complexity index is 214. The van der Waals surface area contributed by atoms with Crippen LogP contribution in [-0.4, -0.2) is 0 Å². The Morgan fingerprint density at radius 3 is 2.12 bits per heavy atom. The molecule has 0 radical (unpaired) electrons. The highest BCUT2D eigenvalue weighted by molar-refractivity contribution is 4.82. The molecule has 0 atom stereocenters. The van der Waals surface area contributed by atoms with Gasteiger partial charge in [0.2, 0.25) is 0 Å². The van der Waals surface area contributed by atoms with Crippen LogP contribution in [0.3, 0.4) is 0 Å². The fourth-order valence-electron chi connectivity index (χ4n) is 4.05. The van der Waals surface area contributed by atoms with Crippen LogP contribution in [0.15, 0.2) is 12.2 Å². The third-order valence-electron chi connectivity index (χ3n) is 5.19. The molecule has 2 fully saturated rings. The van der Waals surface area contributed by atoms with Crippen molar-refractivity contribution >= 4 is 0 Å². The minimum Gasteiger partial charge on any atom is -0.0917 e. The van der Waals surface area contributed by atoms with Crippen molar-refractivity contribution in [2.45, 2.75) is 77.6 Å². The summed E-state index contributed by atoms with van der Waals surface area (Å²) in [4.78, 5) is 0. The maximum absolute atomic E-state index is 2.34. The molecule has 17 heavy (non-hydrogen) atoms. The van der Waals surface area contributed by atoms with Gasteiger partial charge in [0.15, 0.2) is 0 Å². The van der Waals surface area contributed by atoms with Gasteiger partial charge in [-0.1, -0.05) is 57.1 Å². The molecule has 0 saturated heterocycles. The van der Waals surface area contributed by atoms with Crippen LogP contribution in [0.25, 0.3) is 0 Å². The highest BCUT2D eigenvalue weighted by atomic mass is 14.3. The van der Waals surface area contributed by atoms with Gasteiger partial charge in [0, 0.05) is 0 Å². The maximum Gasteiger partial charge on any atom is -0.0348 e. The highest BCUT2D eigenvalue weighted by Gasteiger charge is 2.27. The van der Waals surface area contributed by atoms with Gasteiger partial charge in [0.25, 0.3) is 0 Å². The van der Waals surface area contributed by atoms with E-state index in [9.17, 15) is 0 Å². The molecule has 0 N–H and O–H groups in total. The minimum absolute atomic E-state index is 1.05. The topological polar surface area (TPSA) is 0 Å². The summed E-state index contributed by atoms with van der Waals surface area (Å²) in [6.07, 6.45) is 21.1. The standard InChI is InChI=1S/C17H30/c1-2-3-5-8-15-11-13-17(14-12-15)16-9-6-4-7-10-16/h2-3,15-17H,4-14H2,1H3/b3-2+. The molecule has 0 aromatic rings. The van der Waals surface area contributed by atoms with E-state index in [4.69, 9.17) is 0 Å². The predicted molar refractivity (Wildman–Crippen MR) is 76.1 cm³/mol. The van der Waals surface area contributed by atoms with Crippen LogP contribution < -0.4 is 0 Å². The summed E-state index contributed by atoms with van der Waals surface area (Å²) >= 11 is 0. The van der Waals surface area contributed by atoms with Crippen molar-refractivity contribution < 1.29 is 0 Å². The third-order valence-corrected chi connectivity index (χ3v) is 5.19. The number of hydrogen-bond donors (Lipinski definition) is 0. The molecule has 2 aliphatic rings. The zero-order chi connectivity index (χ0) is 11.9. The minimum atomic E-state index is 1.05. The first kappa shape index (κ1) is 13.2. The van der Waals surface area contributed by atoms with Crippen molar-refractivity contribution in [2.24, 2.45) is 17.8 Å². The molecule has 0 nitrogen and oxygen atoms in total. The van der Waals surface area contributed by atoms with Crippen LogP contribution in [-0.2, 0) is 0 Å². The van der Waals surface area contributed by atoms with Gasteiger partial charge in [-0.05, 0) is 50.4 Å². The average Bonchev–Trinajstić information content (AvgIpc) is 2.41. The van der Waals surface area contributed by atoms with E-state index in [1.54, 1.807) is 25.7 Å². The van der Waals surface area contributed by atoms with Crippen LogP contribution in [0, 0.1) is 17.8 Å². The first-order chi connectivity index (χ1) is 8.40. The van der Waals surface area contributed by atoms with E-state index in [1.165, 1.54) is 44.9 Å². The lowest BCUT2D eigenvalue weighted by molar-refractivity contribution is 0.164. The van der Waals surface area contributed by atoms with Gasteiger partial charge >= 0.3 is 0 Å². The Morgan fingerprint density at radius 1 is 0.824 bits per heavy atom. The van der Waals surface area contributed by atoms with E-state index in [1.807, 2.05) is 0 Å². The third kappa shape index (κ3) is 4.16. The molecule has 0 bridgehead atoms. The lowest BCUT2D eigenvalue weighted by atomic mass is 9.70. The molecule has 0 aromatic heterocycles. The zero-order valence-corrected chi connectivity index (χ0v) is 11.7. The number of rotatable bonds is 4. The SMILES string of the molecule is C/C=C/CCC1CCC(C2CCCCC2)CC1. The summed E-state index contributed by atoms with van der Waals surface area (Å²) in [5.74, 6) is 3.26. The molecule has 0 heterocycles. The van der Waals surface area contributed by atoms with Crippen molar-refractivity contribution in [3.63, 3.8) is 0 Å². The predicted octanol–water partition coefficient (Wildman–Crippen LogP) is 5.73. The Morgan fingerprint density at radius 2 is 1.47 bits per heavy atom. The molecule has 98 valence electrons. The molecule has 0 amide bonds. The molecule has 0 heteroatoms. The number of hydrogen-bond acceptors (Lipinski definition) is 0. The van der Waals surface area contributed by atoms with Crippen LogP contribution in [0.2, 0.25) is 0 Å². The molecule has 2 aliphatic carbocycles. The Kier molecular flexibility index (Phi) is 5.61. The molecule has 2 rings (SSSR count). The molecule has 0 aliphatic heterocycles. The van der Waals surface area contributed by atoms with Crippen LogP contribution in [0.1, 0.15) is 77.6 Å². The second-order valence-electron chi connectivity index (χ2n) is 6.33. The lowest BCUT2D eigenvalue weighted by Gasteiger charge is -2.35. The molecular formula is C17H30. The Hall–Kier alpha value is -0.260. The largest absolute Gasteiger partial charge is 0.0917 e. The van der Waals surface area contributed by atoms with E-state index in [-0.39, 0.29) is 0 Å². The van der Waals surface area contributed by atoms with Crippen molar-refractivity contribution in [1.29, 1.82) is 0 Å². The van der Waals surface area contributed by atoms with Gasteiger partial charge < -0.3 is 0 Å². The molecule has 0 unspecified atom stereocenters. The van der Waals surface area contributed by atoms with Crippen LogP contribution >= 0.6 is 0 Å². The fraction of sp³-hybridized carbons (Fsp3) is 0.882. The summed E-state index contributed by atoms with van der Waals surface area (Å²) in [7, 11) is 0. The Balaban J connectivity index is 1.66. The number of allylic oxidation sites excluding steroid dienone is 2. The van der Waals surface area contributed by atoms with E-state index < -0.39 is 0 Å².